The number of rotatable bonds is 4. The lowest BCUT2D eigenvalue weighted by Crippen LogP contribution is -2.40. The number of aliphatic hydroxyl groups is 1. The Balaban J connectivity index is 2.68. The quantitative estimate of drug-likeness (QED) is 0.616. The molecule has 0 aliphatic rings. The summed E-state index contributed by atoms with van der Waals surface area (Å²) < 4.78 is 4.94. The number of benzene rings is 1. The van der Waals surface area contributed by atoms with E-state index in [1.165, 1.54) is 13.8 Å². The number of hydrogen-bond acceptors (Lipinski definition) is 4. The molecule has 0 aromatic heterocycles. The Kier molecular flexibility index (Phi) is 3.79. The molecule has 0 bridgehead atoms. The maximum absolute atomic E-state index is 11.5. The highest BCUT2D eigenvalue weighted by Crippen LogP contribution is 2.16. The van der Waals surface area contributed by atoms with Gasteiger partial charge in [-0.1, -0.05) is 18.2 Å². The van der Waals surface area contributed by atoms with Gasteiger partial charge in [0.05, 0.1) is 0 Å². The number of ether oxygens (including phenoxy) is 1. The second kappa shape index (κ2) is 4.90. The van der Waals surface area contributed by atoms with E-state index in [9.17, 15) is 14.7 Å². The molecule has 1 aromatic rings. The van der Waals surface area contributed by atoms with Gasteiger partial charge in [0.25, 0.3) is 0 Å². The molecule has 0 amide bonds. The SMILES string of the molecule is CC(=O)C[C@](C)(O)C(=O)Oc1ccccc1. The van der Waals surface area contributed by atoms with E-state index < -0.39 is 11.6 Å². The maximum atomic E-state index is 11.5. The second-order valence-corrected chi connectivity index (χ2v) is 3.86. The molecule has 86 valence electrons. The van der Waals surface area contributed by atoms with Crippen LogP contribution >= 0.6 is 0 Å². The molecule has 0 radical (unpaired) electrons. The van der Waals surface area contributed by atoms with E-state index in [2.05, 4.69) is 0 Å². The first-order valence-electron chi connectivity index (χ1n) is 4.91. The number of hydrogen-bond donors (Lipinski definition) is 1. The van der Waals surface area contributed by atoms with E-state index in [0.29, 0.717) is 5.75 Å². The van der Waals surface area contributed by atoms with Crippen molar-refractivity contribution < 1.29 is 19.4 Å². The number of para-hydroxylation sites is 1. The lowest BCUT2D eigenvalue weighted by Gasteiger charge is -2.19. The molecule has 0 spiro atoms. The zero-order chi connectivity index (χ0) is 12.2. The van der Waals surface area contributed by atoms with E-state index in [1.807, 2.05) is 0 Å². The molecule has 1 N–H and O–H groups in total. The van der Waals surface area contributed by atoms with E-state index in [-0.39, 0.29) is 12.2 Å². The van der Waals surface area contributed by atoms with E-state index in [1.54, 1.807) is 30.3 Å². The first-order chi connectivity index (χ1) is 7.42. The van der Waals surface area contributed by atoms with Crippen LogP contribution in [0.1, 0.15) is 20.3 Å². The molecule has 4 heteroatoms. The fraction of sp³-hybridized carbons (Fsp3) is 0.333. The van der Waals surface area contributed by atoms with Crippen LogP contribution in [0.3, 0.4) is 0 Å². The van der Waals surface area contributed by atoms with Gasteiger partial charge in [-0.2, -0.15) is 0 Å². The van der Waals surface area contributed by atoms with Gasteiger partial charge in [-0.05, 0) is 26.0 Å². The topological polar surface area (TPSA) is 63.6 Å². The van der Waals surface area contributed by atoms with Crippen LogP contribution in [0.4, 0.5) is 0 Å². The first-order valence-corrected chi connectivity index (χ1v) is 4.91. The highest BCUT2D eigenvalue weighted by molar-refractivity contribution is 5.88. The van der Waals surface area contributed by atoms with Crippen molar-refractivity contribution in [3.8, 4) is 5.75 Å². The van der Waals surface area contributed by atoms with Gasteiger partial charge in [-0.25, -0.2) is 4.79 Å². The van der Waals surface area contributed by atoms with Gasteiger partial charge in [0.2, 0.25) is 0 Å². The van der Waals surface area contributed by atoms with Crippen molar-refractivity contribution in [1.82, 2.24) is 0 Å². The molecular weight excluding hydrogens is 208 g/mol. The van der Waals surface area contributed by atoms with Crippen LogP contribution in [0.15, 0.2) is 30.3 Å². The van der Waals surface area contributed by atoms with Crippen molar-refractivity contribution in [2.45, 2.75) is 25.9 Å². The summed E-state index contributed by atoms with van der Waals surface area (Å²) in [7, 11) is 0. The normalized spacial score (nSPS) is 13.9. The summed E-state index contributed by atoms with van der Waals surface area (Å²) in [5, 5.41) is 9.72. The molecule has 1 rings (SSSR count). The molecular formula is C12H14O4. The van der Waals surface area contributed by atoms with Crippen molar-refractivity contribution in [1.29, 1.82) is 0 Å². The summed E-state index contributed by atoms with van der Waals surface area (Å²) in [4.78, 5) is 22.4. The number of esters is 1. The Labute approximate surface area is 93.9 Å². The predicted molar refractivity (Wildman–Crippen MR) is 58.0 cm³/mol. The van der Waals surface area contributed by atoms with Crippen LogP contribution in [0.2, 0.25) is 0 Å². The largest absolute Gasteiger partial charge is 0.424 e. The molecule has 0 saturated heterocycles. The van der Waals surface area contributed by atoms with Crippen molar-refractivity contribution in [2.75, 3.05) is 0 Å². The van der Waals surface area contributed by atoms with E-state index >= 15 is 0 Å². The second-order valence-electron chi connectivity index (χ2n) is 3.86. The lowest BCUT2D eigenvalue weighted by atomic mass is 10.0. The highest BCUT2D eigenvalue weighted by Gasteiger charge is 2.33. The van der Waals surface area contributed by atoms with Crippen LogP contribution in [-0.2, 0) is 9.59 Å². The number of ketones is 1. The molecule has 4 nitrogen and oxygen atoms in total. The standard InChI is InChI=1S/C12H14O4/c1-9(13)8-12(2,15)11(14)16-10-6-4-3-5-7-10/h3-7,15H,8H2,1-2H3/t12-/m0/s1. The molecule has 0 aliphatic heterocycles. The van der Waals surface area contributed by atoms with Crippen LogP contribution in [0, 0.1) is 0 Å². The summed E-state index contributed by atoms with van der Waals surface area (Å²) >= 11 is 0. The third kappa shape index (κ3) is 3.47. The number of Topliss-reactive ketones (excluding diaryl/α,β-unsaturated/α-hetero) is 1. The maximum Gasteiger partial charge on any atom is 0.343 e. The van der Waals surface area contributed by atoms with Crippen molar-refractivity contribution in [3.63, 3.8) is 0 Å². The monoisotopic (exact) mass is 222 g/mol. The minimum absolute atomic E-state index is 0.251. The average molecular weight is 222 g/mol. The molecule has 1 aromatic carbocycles. The molecule has 0 heterocycles. The van der Waals surface area contributed by atoms with Gasteiger partial charge in [0, 0.05) is 6.42 Å². The highest BCUT2D eigenvalue weighted by atomic mass is 16.6. The first kappa shape index (κ1) is 12.4. The predicted octanol–water partition coefficient (Wildman–Crippen LogP) is 1.32. The van der Waals surface area contributed by atoms with E-state index in [4.69, 9.17) is 4.74 Å². The van der Waals surface area contributed by atoms with Crippen molar-refractivity contribution in [2.24, 2.45) is 0 Å². The third-order valence-electron chi connectivity index (χ3n) is 1.99. The summed E-state index contributed by atoms with van der Waals surface area (Å²) in [5.41, 5.74) is -1.78. The van der Waals surface area contributed by atoms with Gasteiger partial charge < -0.3 is 9.84 Å². The van der Waals surface area contributed by atoms with Gasteiger partial charge in [0.1, 0.15) is 11.5 Å². The molecule has 1 atom stereocenters. The van der Waals surface area contributed by atoms with Crippen LogP contribution in [-0.4, -0.2) is 22.5 Å². The van der Waals surface area contributed by atoms with Crippen LogP contribution < -0.4 is 4.74 Å². The van der Waals surface area contributed by atoms with E-state index in [0.717, 1.165) is 0 Å². The van der Waals surface area contributed by atoms with Crippen LogP contribution in [0.25, 0.3) is 0 Å². The lowest BCUT2D eigenvalue weighted by molar-refractivity contribution is -0.156. The Morgan fingerprint density at radius 1 is 1.31 bits per heavy atom. The average Bonchev–Trinajstić information content (AvgIpc) is 2.17. The summed E-state index contributed by atoms with van der Waals surface area (Å²) in [6.45, 7) is 2.57. The summed E-state index contributed by atoms with van der Waals surface area (Å²) in [6.07, 6.45) is -0.251. The van der Waals surface area contributed by atoms with Crippen LogP contribution in [0.5, 0.6) is 5.75 Å². The van der Waals surface area contributed by atoms with Crippen molar-refractivity contribution >= 4 is 11.8 Å². The summed E-state index contributed by atoms with van der Waals surface area (Å²) in [6, 6.07) is 8.40. The Morgan fingerprint density at radius 2 is 1.88 bits per heavy atom. The minimum atomic E-state index is -1.78. The molecule has 0 saturated carbocycles. The molecule has 0 unspecified atom stereocenters. The third-order valence-corrected chi connectivity index (χ3v) is 1.99. The van der Waals surface area contributed by atoms with Crippen molar-refractivity contribution in [3.05, 3.63) is 30.3 Å². The molecule has 16 heavy (non-hydrogen) atoms. The molecule has 0 aliphatic carbocycles. The molecule has 0 fully saturated rings. The van der Waals surface area contributed by atoms with Gasteiger partial charge in [0.15, 0.2) is 5.60 Å². The smallest absolute Gasteiger partial charge is 0.343 e. The summed E-state index contributed by atoms with van der Waals surface area (Å²) in [5.74, 6) is -0.750. The number of carbonyl (C=O) groups excluding carboxylic acids is 2. The minimum Gasteiger partial charge on any atom is -0.424 e. The Bertz CT molecular complexity index is 381. The zero-order valence-electron chi connectivity index (χ0n) is 9.27. The fourth-order valence-corrected chi connectivity index (χ4v) is 1.26. The fourth-order valence-electron chi connectivity index (χ4n) is 1.26. The zero-order valence-corrected chi connectivity index (χ0v) is 9.27. The van der Waals surface area contributed by atoms with Gasteiger partial charge in [-0.3, -0.25) is 4.79 Å². The Morgan fingerprint density at radius 3 is 2.38 bits per heavy atom. The van der Waals surface area contributed by atoms with Gasteiger partial charge >= 0.3 is 5.97 Å². The Hall–Kier alpha value is -1.68. The van der Waals surface area contributed by atoms with Gasteiger partial charge in [-0.15, -0.1) is 0 Å². The number of carbonyl (C=O) groups is 2.